The first kappa shape index (κ1) is 13.9. The van der Waals surface area contributed by atoms with Crippen LogP contribution in [0.25, 0.3) is 0 Å². The van der Waals surface area contributed by atoms with E-state index < -0.39 is 6.10 Å². The Morgan fingerprint density at radius 2 is 2.11 bits per heavy atom. The lowest BCUT2D eigenvalue weighted by Gasteiger charge is -2.14. The van der Waals surface area contributed by atoms with Gasteiger partial charge in [0.15, 0.2) is 0 Å². The van der Waals surface area contributed by atoms with Crippen LogP contribution < -0.4 is 0 Å². The quantitative estimate of drug-likeness (QED) is 0.907. The molecule has 1 aromatic carbocycles. The zero-order chi connectivity index (χ0) is 13.3. The number of hydrogen-bond acceptors (Lipinski definition) is 2. The Hall–Kier alpha value is -0.550. The molecule has 18 heavy (non-hydrogen) atoms. The number of benzene rings is 1. The Balaban J connectivity index is 2.47. The van der Waals surface area contributed by atoms with E-state index in [1.165, 1.54) is 6.20 Å². The Bertz CT molecular complexity index is 551. The Labute approximate surface area is 123 Å². The number of hydrogen-bond donors (Lipinski definition) is 1. The second kappa shape index (κ2) is 5.61. The molecule has 1 aromatic heterocycles. The third-order valence-corrected chi connectivity index (χ3v) is 3.56. The van der Waals surface area contributed by atoms with Crippen molar-refractivity contribution in [2.45, 2.75) is 19.6 Å². The molecule has 0 aliphatic heterocycles. The molecule has 3 nitrogen and oxygen atoms in total. The predicted molar refractivity (Wildman–Crippen MR) is 76.1 cm³/mol. The van der Waals surface area contributed by atoms with Crippen LogP contribution in [-0.4, -0.2) is 14.9 Å². The second-order valence-corrected chi connectivity index (χ2v) is 5.56. The number of rotatable bonds is 3. The molecule has 1 unspecified atom stereocenters. The van der Waals surface area contributed by atoms with Crippen LogP contribution >= 0.6 is 39.1 Å². The summed E-state index contributed by atoms with van der Waals surface area (Å²) in [7, 11) is 0. The van der Waals surface area contributed by atoms with E-state index in [1.54, 1.807) is 22.9 Å². The maximum Gasteiger partial charge on any atom is 0.122 e. The average molecular weight is 350 g/mol. The van der Waals surface area contributed by atoms with Crippen LogP contribution in [0.2, 0.25) is 10.0 Å². The van der Waals surface area contributed by atoms with E-state index in [9.17, 15) is 5.11 Å². The molecule has 0 amide bonds. The zero-order valence-electron chi connectivity index (χ0n) is 9.57. The summed E-state index contributed by atoms with van der Waals surface area (Å²) < 4.78 is 2.48. The fraction of sp³-hybridized carbons (Fsp3) is 0.250. The molecule has 0 saturated carbocycles. The minimum atomic E-state index is -0.852. The third-order valence-electron chi connectivity index (χ3n) is 2.59. The largest absolute Gasteiger partial charge is 0.382 e. The molecular formula is C12H11BrCl2N2O. The molecule has 2 aromatic rings. The maximum absolute atomic E-state index is 10.4. The molecule has 1 atom stereocenters. The number of aliphatic hydroxyl groups excluding tert-OH is 1. The van der Waals surface area contributed by atoms with Crippen LogP contribution in [0.4, 0.5) is 0 Å². The van der Waals surface area contributed by atoms with E-state index in [0.29, 0.717) is 27.8 Å². The van der Waals surface area contributed by atoms with Crippen molar-refractivity contribution >= 4 is 39.1 Å². The van der Waals surface area contributed by atoms with E-state index in [4.69, 9.17) is 23.2 Å². The van der Waals surface area contributed by atoms with Gasteiger partial charge in [0, 0.05) is 16.0 Å². The highest BCUT2D eigenvalue weighted by atomic mass is 79.9. The number of nitrogens with zero attached hydrogens (tertiary/aromatic N) is 2. The lowest BCUT2D eigenvalue weighted by atomic mass is 10.1. The minimum Gasteiger partial charge on any atom is -0.382 e. The molecule has 0 radical (unpaired) electrons. The van der Waals surface area contributed by atoms with Gasteiger partial charge in [0.1, 0.15) is 6.10 Å². The van der Waals surface area contributed by atoms with E-state index in [2.05, 4.69) is 21.0 Å². The van der Waals surface area contributed by atoms with Gasteiger partial charge in [0.25, 0.3) is 0 Å². The number of aliphatic hydroxyl groups is 1. The molecule has 0 aliphatic carbocycles. The van der Waals surface area contributed by atoms with Gasteiger partial charge in [-0.1, -0.05) is 39.1 Å². The molecule has 1 heterocycles. The topological polar surface area (TPSA) is 38.0 Å². The lowest BCUT2D eigenvalue weighted by molar-refractivity contribution is 0.208. The maximum atomic E-state index is 10.4. The van der Waals surface area contributed by atoms with Gasteiger partial charge in [0.2, 0.25) is 0 Å². The Kier molecular flexibility index (Phi) is 4.33. The first-order valence-corrected chi connectivity index (χ1v) is 6.93. The van der Waals surface area contributed by atoms with Gasteiger partial charge in [-0.2, -0.15) is 5.10 Å². The molecule has 96 valence electrons. The Morgan fingerprint density at radius 1 is 1.39 bits per heavy atom. The smallest absolute Gasteiger partial charge is 0.122 e. The summed E-state index contributed by atoms with van der Waals surface area (Å²) in [6, 6.07) is 5.27. The van der Waals surface area contributed by atoms with Crippen molar-refractivity contribution in [3.05, 3.63) is 50.2 Å². The molecule has 2 rings (SSSR count). The van der Waals surface area contributed by atoms with Gasteiger partial charge in [0.05, 0.1) is 16.9 Å². The first-order chi connectivity index (χ1) is 8.52. The highest BCUT2D eigenvalue weighted by Gasteiger charge is 2.20. The van der Waals surface area contributed by atoms with Crippen molar-refractivity contribution in [2.24, 2.45) is 0 Å². The second-order valence-electron chi connectivity index (χ2n) is 3.80. The van der Waals surface area contributed by atoms with Gasteiger partial charge in [-0.25, -0.2) is 0 Å². The van der Waals surface area contributed by atoms with Crippen molar-refractivity contribution in [3.63, 3.8) is 0 Å². The predicted octanol–water partition coefficient (Wildman–Crippen LogP) is 4.05. The van der Waals surface area contributed by atoms with E-state index in [1.807, 2.05) is 6.92 Å². The monoisotopic (exact) mass is 348 g/mol. The SMILES string of the molecule is CCn1ncc(Cl)c1C(O)c1cc(Cl)cc(Br)c1. The summed E-state index contributed by atoms with van der Waals surface area (Å²) in [5.41, 5.74) is 1.25. The summed E-state index contributed by atoms with van der Waals surface area (Å²) >= 11 is 15.4. The average Bonchev–Trinajstić information content (AvgIpc) is 2.68. The summed E-state index contributed by atoms with van der Waals surface area (Å²) in [6.07, 6.45) is 0.679. The fourth-order valence-corrected chi connectivity index (χ4v) is 2.92. The fourth-order valence-electron chi connectivity index (χ4n) is 1.79. The van der Waals surface area contributed by atoms with Gasteiger partial charge >= 0.3 is 0 Å². The molecule has 6 heteroatoms. The van der Waals surface area contributed by atoms with Crippen molar-refractivity contribution in [3.8, 4) is 0 Å². The van der Waals surface area contributed by atoms with Crippen LogP contribution in [-0.2, 0) is 6.54 Å². The van der Waals surface area contributed by atoms with Gasteiger partial charge in [-0.15, -0.1) is 0 Å². The normalized spacial score (nSPS) is 12.7. The number of halogens is 3. The van der Waals surface area contributed by atoms with E-state index >= 15 is 0 Å². The van der Waals surface area contributed by atoms with Crippen molar-refractivity contribution in [1.29, 1.82) is 0 Å². The molecule has 0 saturated heterocycles. The number of aryl methyl sites for hydroxylation is 1. The van der Waals surface area contributed by atoms with Crippen LogP contribution in [0.1, 0.15) is 24.3 Å². The molecular weight excluding hydrogens is 339 g/mol. The van der Waals surface area contributed by atoms with Crippen LogP contribution in [0.5, 0.6) is 0 Å². The van der Waals surface area contributed by atoms with Crippen molar-refractivity contribution in [1.82, 2.24) is 9.78 Å². The van der Waals surface area contributed by atoms with Crippen LogP contribution in [0, 0.1) is 0 Å². The van der Waals surface area contributed by atoms with Crippen LogP contribution in [0.15, 0.2) is 28.9 Å². The number of aromatic nitrogens is 2. The molecule has 0 fully saturated rings. The van der Waals surface area contributed by atoms with Crippen LogP contribution in [0.3, 0.4) is 0 Å². The minimum absolute atomic E-state index is 0.445. The zero-order valence-corrected chi connectivity index (χ0v) is 12.7. The standard InChI is InChI=1S/C12H11BrCl2N2O/c1-2-17-11(10(15)6-16-17)12(18)7-3-8(13)5-9(14)4-7/h3-6,12,18H,2H2,1H3. The summed E-state index contributed by atoms with van der Waals surface area (Å²) in [4.78, 5) is 0. The van der Waals surface area contributed by atoms with Crippen molar-refractivity contribution in [2.75, 3.05) is 0 Å². The van der Waals surface area contributed by atoms with E-state index in [0.717, 1.165) is 4.47 Å². The highest BCUT2D eigenvalue weighted by Crippen LogP contribution is 2.31. The molecule has 0 spiro atoms. The highest BCUT2D eigenvalue weighted by molar-refractivity contribution is 9.10. The van der Waals surface area contributed by atoms with Gasteiger partial charge in [-0.3, -0.25) is 4.68 Å². The molecule has 0 aliphatic rings. The van der Waals surface area contributed by atoms with Gasteiger partial charge < -0.3 is 5.11 Å². The van der Waals surface area contributed by atoms with Gasteiger partial charge in [-0.05, 0) is 30.7 Å². The summed E-state index contributed by atoms with van der Waals surface area (Å²) in [6.45, 7) is 2.58. The summed E-state index contributed by atoms with van der Waals surface area (Å²) in [5, 5.41) is 15.5. The molecule has 1 N–H and O–H groups in total. The third kappa shape index (κ3) is 2.72. The van der Waals surface area contributed by atoms with Crippen molar-refractivity contribution < 1.29 is 5.11 Å². The molecule has 0 bridgehead atoms. The first-order valence-electron chi connectivity index (χ1n) is 5.38. The summed E-state index contributed by atoms with van der Waals surface area (Å²) in [5.74, 6) is 0. The van der Waals surface area contributed by atoms with E-state index in [-0.39, 0.29) is 0 Å². The Morgan fingerprint density at radius 3 is 2.72 bits per heavy atom. The lowest BCUT2D eigenvalue weighted by Crippen LogP contribution is -2.09.